The van der Waals surface area contributed by atoms with Crippen molar-refractivity contribution in [2.45, 2.75) is 13.0 Å². The van der Waals surface area contributed by atoms with Gasteiger partial charge in [0.2, 0.25) is 0 Å². The van der Waals surface area contributed by atoms with Crippen LogP contribution in [0.4, 0.5) is 4.79 Å². The van der Waals surface area contributed by atoms with Gasteiger partial charge >= 0.3 is 12.1 Å². The van der Waals surface area contributed by atoms with Gasteiger partial charge in [-0.3, -0.25) is 4.79 Å². The zero-order chi connectivity index (χ0) is 13.4. The van der Waals surface area contributed by atoms with Gasteiger partial charge in [0.25, 0.3) is 0 Å². The molecule has 18 heavy (non-hydrogen) atoms. The summed E-state index contributed by atoms with van der Waals surface area (Å²) in [6, 6.07) is 7.04. The topological polar surface area (TPSA) is 75.6 Å². The summed E-state index contributed by atoms with van der Waals surface area (Å²) in [6.45, 7) is 3.80. The number of rotatable bonds is 6. The molecule has 0 bridgehead atoms. The molecule has 2 N–H and O–H groups in total. The average molecular weight is 249 g/mol. The van der Waals surface area contributed by atoms with E-state index in [1.54, 1.807) is 24.3 Å². The fourth-order valence-corrected chi connectivity index (χ4v) is 1.42. The highest BCUT2D eigenvalue weighted by molar-refractivity contribution is 5.71. The SMILES string of the molecule is C=CCOC(=O)NCc1ccccc1CC(=O)O. The number of carboxylic acids is 1. The third kappa shape index (κ3) is 4.69. The minimum absolute atomic E-state index is 0.0699. The largest absolute Gasteiger partial charge is 0.481 e. The second kappa shape index (κ2) is 7.11. The molecule has 0 aliphatic carbocycles. The minimum atomic E-state index is -0.906. The number of carbonyl (C=O) groups excluding carboxylic acids is 1. The normalized spacial score (nSPS) is 9.56. The zero-order valence-corrected chi connectivity index (χ0v) is 9.89. The van der Waals surface area contributed by atoms with Gasteiger partial charge in [0.1, 0.15) is 6.61 Å². The molecule has 0 spiro atoms. The monoisotopic (exact) mass is 249 g/mol. The molecular weight excluding hydrogens is 234 g/mol. The lowest BCUT2D eigenvalue weighted by Gasteiger charge is -2.09. The summed E-state index contributed by atoms with van der Waals surface area (Å²) in [5.41, 5.74) is 1.43. The van der Waals surface area contributed by atoms with E-state index < -0.39 is 12.1 Å². The van der Waals surface area contributed by atoms with Crippen LogP contribution in [0.15, 0.2) is 36.9 Å². The number of ether oxygens (including phenoxy) is 1. The van der Waals surface area contributed by atoms with Crippen molar-refractivity contribution in [2.75, 3.05) is 6.61 Å². The van der Waals surface area contributed by atoms with E-state index in [0.717, 1.165) is 5.56 Å². The van der Waals surface area contributed by atoms with Crippen molar-refractivity contribution in [3.8, 4) is 0 Å². The summed E-state index contributed by atoms with van der Waals surface area (Å²) in [5.74, 6) is -0.906. The van der Waals surface area contributed by atoms with Gasteiger partial charge in [0.05, 0.1) is 6.42 Å². The number of alkyl carbamates (subject to hydrolysis) is 1. The fraction of sp³-hybridized carbons (Fsp3) is 0.231. The Kier molecular flexibility index (Phi) is 5.44. The molecule has 1 aromatic carbocycles. The van der Waals surface area contributed by atoms with Gasteiger partial charge in [-0.15, -0.1) is 0 Å². The van der Waals surface area contributed by atoms with Crippen LogP contribution in [0.25, 0.3) is 0 Å². The summed E-state index contributed by atoms with van der Waals surface area (Å²) in [5, 5.41) is 11.3. The quantitative estimate of drug-likeness (QED) is 0.753. The molecule has 1 amide bonds. The van der Waals surface area contributed by atoms with Gasteiger partial charge in [-0.25, -0.2) is 4.79 Å². The van der Waals surface area contributed by atoms with Gasteiger partial charge in [-0.2, -0.15) is 0 Å². The smallest absolute Gasteiger partial charge is 0.407 e. The van der Waals surface area contributed by atoms with Crippen LogP contribution in [0.1, 0.15) is 11.1 Å². The van der Waals surface area contributed by atoms with E-state index in [2.05, 4.69) is 11.9 Å². The summed E-state index contributed by atoms with van der Waals surface area (Å²) in [7, 11) is 0. The number of carbonyl (C=O) groups is 2. The van der Waals surface area contributed by atoms with Gasteiger partial charge in [0, 0.05) is 6.54 Å². The number of nitrogens with one attached hydrogen (secondary N) is 1. The van der Waals surface area contributed by atoms with Crippen LogP contribution in [-0.4, -0.2) is 23.8 Å². The first-order valence-corrected chi connectivity index (χ1v) is 5.43. The Balaban J connectivity index is 2.58. The van der Waals surface area contributed by atoms with Crippen LogP contribution < -0.4 is 5.32 Å². The molecule has 0 aliphatic heterocycles. The molecule has 96 valence electrons. The predicted octanol–water partition coefficient (Wildman–Crippen LogP) is 1.73. The fourth-order valence-electron chi connectivity index (χ4n) is 1.42. The summed E-state index contributed by atoms with van der Waals surface area (Å²) < 4.78 is 4.75. The third-order valence-corrected chi connectivity index (χ3v) is 2.22. The van der Waals surface area contributed by atoms with Crippen molar-refractivity contribution in [1.29, 1.82) is 0 Å². The van der Waals surface area contributed by atoms with E-state index in [1.807, 2.05) is 0 Å². The van der Waals surface area contributed by atoms with E-state index in [-0.39, 0.29) is 19.6 Å². The number of hydrogen-bond acceptors (Lipinski definition) is 3. The van der Waals surface area contributed by atoms with Gasteiger partial charge in [0.15, 0.2) is 0 Å². The maximum atomic E-state index is 11.2. The van der Waals surface area contributed by atoms with Crippen molar-refractivity contribution in [1.82, 2.24) is 5.32 Å². The van der Waals surface area contributed by atoms with Crippen molar-refractivity contribution < 1.29 is 19.4 Å². The Morgan fingerprint density at radius 2 is 2.00 bits per heavy atom. The lowest BCUT2D eigenvalue weighted by Crippen LogP contribution is -2.24. The van der Waals surface area contributed by atoms with Crippen LogP contribution in [0, 0.1) is 0 Å². The third-order valence-electron chi connectivity index (χ3n) is 2.22. The molecule has 0 fully saturated rings. The molecule has 0 aromatic heterocycles. The van der Waals surface area contributed by atoms with Crippen molar-refractivity contribution in [3.63, 3.8) is 0 Å². The van der Waals surface area contributed by atoms with Crippen LogP contribution >= 0.6 is 0 Å². The van der Waals surface area contributed by atoms with E-state index in [4.69, 9.17) is 9.84 Å². The van der Waals surface area contributed by atoms with Crippen LogP contribution in [0.5, 0.6) is 0 Å². The van der Waals surface area contributed by atoms with Crippen molar-refractivity contribution in [2.24, 2.45) is 0 Å². The second-order valence-corrected chi connectivity index (χ2v) is 3.58. The standard InChI is InChI=1S/C13H15NO4/c1-2-7-18-13(17)14-9-11-6-4-3-5-10(11)8-12(15)16/h2-6H,1,7-9H2,(H,14,17)(H,15,16). The van der Waals surface area contributed by atoms with Crippen molar-refractivity contribution >= 4 is 12.1 Å². The first kappa shape index (κ1) is 13.8. The molecule has 0 aliphatic rings. The highest BCUT2D eigenvalue weighted by atomic mass is 16.5. The molecule has 0 unspecified atom stereocenters. The van der Waals surface area contributed by atoms with E-state index in [1.165, 1.54) is 6.08 Å². The first-order chi connectivity index (χ1) is 8.63. The number of benzene rings is 1. The Morgan fingerprint density at radius 1 is 1.33 bits per heavy atom. The molecule has 5 heteroatoms. The van der Waals surface area contributed by atoms with E-state index in [9.17, 15) is 9.59 Å². The predicted molar refractivity (Wildman–Crippen MR) is 66.2 cm³/mol. The van der Waals surface area contributed by atoms with Crippen LogP contribution in [0.2, 0.25) is 0 Å². The molecule has 1 rings (SSSR count). The lowest BCUT2D eigenvalue weighted by molar-refractivity contribution is -0.136. The van der Waals surface area contributed by atoms with Crippen molar-refractivity contribution in [3.05, 3.63) is 48.0 Å². The Hall–Kier alpha value is -2.30. The van der Waals surface area contributed by atoms with Gasteiger partial charge in [-0.1, -0.05) is 36.9 Å². The van der Waals surface area contributed by atoms with Gasteiger partial charge in [-0.05, 0) is 11.1 Å². The Bertz CT molecular complexity index is 442. The molecular formula is C13H15NO4. The Morgan fingerprint density at radius 3 is 2.61 bits per heavy atom. The molecule has 0 saturated carbocycles. The minimum Gasteiger partial charge on any atom is -0.481 e. The van der Waals surface area contributed by atoms with Gasteiger partial charge < -0.3 is 15.2 Å². The molecule has 0 saturated heterocycles. The summed E-state index contributed by atoms with van der Waals surface area (Å²) in [6.07, 6.45) is 0.845. The maximum absolute atomic E-state index is 11.2. The molecule has 0 heterocycles. The van der Waals surface area contributed by atoms with E-state index in [0.29, 0.717) is 5.56 Å². The number of hydrogen-bond donors (Lipinski definition) is 2. The van der Waals surface area contributed by atoms with E-state index >= 15 is 0 Å². The Labute approximate surface area is 105 Å². The summed E-state index contributed by atoms with van der Waals surface area (Å²) in [4.78, 5) is 21.9. The molecule has 0 atom stereocenters. The van der Waals surface area contributed by atoms with Crippen LogP contribution in [0.3, 0.4) is 0 Å². The first-order valence-electron chi connectivity index (χ1n) is 5.43. The molecule has 0 radical (unpaired) electrons. The number of amides is 1. The molecule has 5 nitrogen and oxygen atoms in total. The highest BCUT2D eigenvalue weighted by Gasteiger charge is 2.07. The zero-order valence-electron chi connectivity index (χ0n) is 9.89. The number of carboxylic acid groups (broad SMARTS) is 1. The lowest BCUT2D eigenvalue weighted by atomic mass is 10.0. The molecule has 1 aromatic rings. The highest BCUT2D eigenvalue weighted by Crippen LogP contribution is 2.09. The maximum Gasteiger partial charge on any atom is 0.407 e. The summed E-state index contributed by atoms with van der Waals surface area (Å²) >= 11 is 0. The second-order valence-electron chi connectivity index (χ2n) is 3.58. The number of aliphatic carboxylic acids is 1. The average Bonchev–Trinajstić information content (AvgIpc) is 2.34. The van der Waals surface area contributed by atoms with Crippen LogP contribution in [-0.2, 0) is 22.5 Å².